The summed E-state index contributed by atoms with van der Waals surface area (Å²) in [7, 11) is 0. The van der Waals surface area contributed by atoms with Crippen molar-refractivity contribution in [3.8, 4) is 11.1 Å². The van der Waals surface area contributed by atoms with E-state index in [4.69, 9.17) is 0 Å². The molecule has 0 amide bonds. The van der Waals surface area contributed by atoms with E-state index in [0.717, 1.165) is 23.2 Å². The number of pyridine rings is 1. The molecule has 0 atom stereocenters. The van der Waals surface area contributed by atoms with Crippen LogP contribution in [-0.4, -0.2) is 17.0 Å². The molecule has 0 fully saturated rings. The monoisotopic (exact) mass is 243 g/mol. The van der Waals surface area contributed by atoms with E-state index < -0.39 is 0 Å². The highest BCUT2D eigenvalue weighted by atomic mass is 32.2. The number of hydrogen-bond donors (Lipinski definition) is 0. The van der Waals surface area contributed by atoms with Crippen LogP contribution in [0.4, 0.5) is 0 Å². The van der Waals surface area contributed by atoms with Gasteiger partial charge in [-0.15, -0.1) is 11.8 Å². The summed E-state index contributed by atoms with van der Waals surface area (Å²) in [4.78, 5) is 16.0. The van der Waals surface area contributed by atoms with E-state index in [-0.39, 0.29) is 0 Å². The third-order valence-electron chi connectivity index (χ3n) is 2.39. The predicted octanol–water partition coefficient (Wildman–Crippen LogP) is 3.67. The highest BCUT2D eigenvalue weighted by Gasteiger charge is 2.00. The van der Waals surface area contributed by atoms with Crippen LogP contribution in [0.1, 0.15) is 17.3 Å². The number of aromatic nitrogens is 1. The van der Waals surface area contributed by atoms with Gasteiger partial charge in [0, 0.05) is 28.4 Å². The lowest BCUT2D eigenvalue weighted by atomic mass is 10.1. The van der Waals surface area contributed by atoms with Gasteiger partial charge in [0.2, 0.25) is 0 Å². The summed E-state index contributed by atoms with van der Waals surface area (Å²) in [5.41, 5.74) is 2.67. The average Bonchev–Trinajstić information content (AvgIpc) is 2.40. The Bertz CT molecular complexity index is 508. The molecule has 17 heavy (non-hydrogen) atoms. The number of nitrogens with zero attached hydrogens (tertiary/aromatic N) is 1. The van der Waals surface area contributed by atoms with Crippen molar-refractivity contribution in [2.45, 2.75) is 11.8 Å². The summed E-state index contributed by atoms with van der Waals surface area (Å²) in [6, 6.07) is 10.2. The first kappa shape index (κ1) is 11.9. The molecule has 0 aliphatic carbocycles. The fourth-order valence-corrected chi connectivity index (χ4v) is 2.25. The van der Waals surface area contributed by atoms with E-state index in [1.165, 1.54) is 4.90 Å². The van der Waals surface area contributed by atoms with Gasteiger partial charge in [0.25, 0.3) is 0 Å². The van der Waals surface area contributed by atoms with Gasteiger partial charge < -0.3 is 0 Å². The van der Waals surface area contributed by atoms with Crippen molar-refractivity contribution in [2.75, 3.05) is 5.75 Å². The maximum absolute atomic E-state index is 10.7. The van der Waals surface area contributed by atoms with Gasteiger partial charge in [0.1, 0.15) is 0 Å². The van der Waals surface area contributed by atoms with Crippen LogP contribution in [0.25, 0.3) is 11.1 Å². The highest BCUT2D eigenvalue weighted by molar-refractivity contribution is 7.99. The number of benzene rings is 1. The zero-order valence-electron chi connectivity index (χ0n) is 9.59. The van der Waals surface area contributed by atoms with Crippen molar-refractivity contribution in [1.82, 2.24) is 4.98 Å². The van der Waals surface area contributed by atoms with Gasteiger partial charge in [0.15, 0.2) is 6.29 Å². The van der Waals surface area contributed by atoms with Crippen LogP contribution in [0, 0.1) is 0 Å². The van der Waals surface area contributed by atoms with Crippen LogP contribution >= 0.6 is 11.8 Å². The molecule has 0 N–H and O–H groups in total. The largest absolute Gasteiger partial charge is 0.298 e. The Labute approximate surface area is 105 Å². The minimum absolute atomic E-state index is 0.606. The van der Waals surface area contributed by atoms with Crippen molar-refractivity contribution in [3.05, 3.63) is 48.3 Å². The van der Waals surface area contributed by atoms with E-state index in [0.29, 0.717) is 5.56 Å². The third-order valence-corrected chi connectivity index (χ3v) is 3.29. The summed E-state index contributed by atoms with van der Waals surface area (Å²) in [6.07, 6.45) is 4.16. The first-order valence-corrected chi connectivity index (χ1v) is 6.45. The Balaban J connectivity index is 2.29. The molecule has 1 aromatic heterocycles. The molecule has 0 unspecified atom stereocenters. The maximum Gasteiger partial charge on any atom is 0.151 e. The molecular weight excluding hydrogens is 230 g/mol. The molecule has 0 saturated carbocycles. The van der Waals surface area contributed by atoms with Crippen LogP contribution in [0.5, 0.6) is 0 Å². The minimum atomic E-state index is 0.606. The van der Waals surface area contributed by atoms with Crippen molar-refractivity contribution in [3.63, 3.8) is 0 Å². The molecule has 2 rings (SSSR count). The Morgan fingerprint density at radius 3 is 2.59 bits per heavy atom. The van der Waals surface area contributed by atoms with E-state index in [2.05, 4.69) is 36.2 Å². The fourth-order valence-electron chi connectivity index (χ4n) is 1.59. The molecule has 86 valence electrons. The molecule has 0 saturated heterocycles. The Hall–Kier alpha value is -1.61. The summed E-state index contributed by atoms with van der Waals surface area (Å²) in [5.74, 6) is 1.07. The number of carbonyl (C=O) groups is 1. The molecule has 0 aliphatic rings. The van der Waals surface area contributed by atoms with Gasteiger partial charge in [-0.3, -0.25) is 9.78 Å². The summed E-state index contributed by atoms with van der Waals surface area (Å²) in [5, 5.41) is 0. The van der Waals surface area contributed by atoms with E-state index in [1.54, 1.807) is 12.4 Å². The third kappa shape index (κ3) is 2.94. The number of hydrogen-bond acceptors (Lipinski definition) is 3. The standard InChI is InChI=1S/C14H13NOS/c1-2-17-14-5-3-12(4-6-14)13-7-11(10-16)8-15-9-13/h3-10H,2H2,1H3. The predicted molar refractivity (Wildman–Crippen MR) is 71.5 cm³/mol. The fraction of sp³-hybridized carbons (Fsp3) is 0.143. The lowest BCUT2D eigenvalue weighted by Gasteiger charge is -2.03. The van der Waals surface area contributed by atoms with Gasteiger partial charge in [-0.25, -0.2) is 0 Å². The molecule has 0 aliphatic heterocycles. The van der Waals surface area contributed by atoms with Crippen LogP contribution in [0.15, 0.2) is 47.6 Å². The Kier molecular flexibility index (Phi) is 3.94. The highest BCUT2D eigenvalue weighted by Crippen LogP contribution is 2.23. The molecule has 0 spiro atoms. The molecule has 1 heterocycles. The molecular formula is C14H13NOS. The van der Waals surface area contributed by atoms with Crippen LogP contribution < -0.4 is 0 Å². The second-order valence-electron chi connectivity index (χ2n) is 3.58. The minimum Gasteiger partial charge on any atom is -0.298 e. The van der Waals surface area contributed by atoms with Crippen molar-refractivity contribution in [2.24, 2.45) is 0 Å². The van der Waals surface area contributed by atoms with E-state index in [1.807, 2.05) is 17.8 Å². The second kappa shape index (κ2) is 5.64. The van der Waals surface area contributed by atoms with Gasteiger partial charge in [-0.05, 0) is 29.5 Å². The molecule has 0 bridgehead atoms. The second-order valence-corrected chi connectivity index (χ2v) is 4.92. The van der Waals surface area contributed by atoms with Gasteiger partial charge in [0.05, 0.1) is 0 Å². The summed E-state index contributed by atoms with van der Waals surface area (Å²) < 4.78 is 0. The Morgan fingerprint density at radius 1 is 1.18 bits per heavy atom. The maximum atomic E-state index is 10.7. The normalized spacial score (nSPS) is 10.2. The summed E-state index contributed by atoms with van der Waals surface area (Å²) in [6.45, 7) is 2.13. The number of rotatable bonds is 4. The zero-order chi connectivity index (χ0) is 12.1. The van der Waals surface area contributed by atoms with Gasteiger partial charge in [-0.1, -0.05) is 19.1 Å². The van der Waals surface area contributed by atoms with Crippen molar-refractivity contribution < 1.29 is 4.79 Å². The average molecular weight is 243 g/mol. The van der Waals surface area contributed by atoms with E-state index in [9.17, 15) is 4.79 Å². The number of aldehydes is 1. The lowest BCUT2D eigenvalue weighted by Crippen LogP contribution is -1.85. The van der Waals surface area contributed by atoms with Crippen molar-refractivity contribution in [1.29, 1.82) is 0 Å². The molecule has 1 aromatic carbocycles. The Morgan fingerprint density at radius 2 is 1.94 bits per heavy atom. The number of carbonyl (C=O) groups excluding carboxylic acids is 1. The molecule has 2 nitrogen and oxygen atoms in total. The summed E-state index contributed by atoms with van der Waals surface area (Å²) >= 11 is 1.82. The topological polar surface area (TPSA) is 30.0 Å². The van der Waals surface area contributed by atoms with Crippen molar-refractivity contribution >= 4 is 18.0 Å². The van der Waals surface area contributed by atoms with Crippen LogP contribution in [0.2, 0.25) is 0 Å². The lowest BCUT2D eigenvalue weighted by molar-refractivity contribution is 0.112. The molecule has 2 aromatic rings. The molecule has 0 radical (unpaired) electrons. The molecule has 3 heteroatoms. The smallest absolute Gasteiger partial charge is 0.151 e. The number of thioether (sulfide) groups is 1. The quantitative estimate of drug-likeness (QED) is 0.606. The van der Waals surface area contributed by atoms with Crippen LogP contribution in [-0.2, 0) is 0 Å². The SMILES string of the molecule is CCSc1ccc(-c2cncc(C=O)c2)cc1. The van der Waals surface area contributed by atoms with Gasteiger partial charge >= 0.3 is 0 Å². The first-order valence-electron chi connectivity index (χ1n) is 5.47. The van der Waals surface area contributed by atoms with Crippen LogP contribution in [0.3, 0.4) is 0 Å². The van der Waals surface area contributed by atoms with E-state index >= 15 is 0 Å². The zero-order valence-corrected chi connectivity index (χ0v) is 10.4. The van der Waals surface area contributed by atoms with Gasteiger partial charge in [-0.2, -0.15) is 0 Å². The first-order chi connectivity index (χ1) is 8.33.